The molecule has 2 aromatic rings. The van der Waals surface area contributed by atoms with Crippen molar-refractivity contribution in [1.82, 2.24) is 15.4 Å². The Labute approximate surface area is 169 Å². The van der Waals surface area contributed by atoms with Gasteiger partial charge in [0.05, 0.1) is 12.2 Å². The summed E-state index contributed by atoms with van der Waals surface area (Å²) in [6, 6.07) is 4.97. The van der Waals surface area contributed by atoms with E-state index in [9.17, 15) is 9.59 Å². The molecule has 1 aliphatic rings. The number of hydrogen-bond donors (Lipinski definition) is 2. The van der Waals surface area contributed by atoms with Crippen LogP contribution in [0.1, 0.15) is 41.8 Å². The fourth-order valence-corrected chi connectivity index (χ4v) is 3.60. The number of aryl methyl sites for hydroxylation is 3. The van der Waals surface area contributed by atoms with Gasteiger partial charge >= 0.3 is 6.03 Å². The van der Waals surface area contributed by atoms with Gasteiger partial charge in [-0.15, -0.1) is 0 Å². The average Bonchev–Trinajstić information content (AvgIpc) is 2.85. The lowest BCUT2D eigenvalue weighted by atomic mass is 10.1. The van der Waals surface area contributed by atoms with Crippen molar-refractivity contribution in [2.24, 2.45) is 0 Å². The van der Waals surface area contributed by atoms with Gasteiger partial charge in [0.1, 0.15) is 5.76 Å². The Morgan fingerprint density at radius 3 is 2.79 bits per heavy atom. The summed E-state index contributed by atoms with van der Waals surface area (Å²) >= 11 is 5.95. The first-order chi connectivity index (χ1) is 13.3. The Hall–Kier alpha value is -2.54. The van der Waals surface area contributed by atoms with Crippen molar-refractivity contribution in [3.63, 3.8) is 0 Å². The van der Waals surface area contributed by atoms with E-state index in [0.717, 1.165) is 22.6 Å². The van der Waals surface area contributed by atoms with Crippen molar-refractivity contribution in [2.75, 3.05) is 11.9 Å². The molecule has 2 N–H and O–H groups in total. The molecule has 28 heavy (non-hydrogen) atoms. The third kappa shape index (κ3) is 4.84. The SMILES string of the molecule is Cc1cc(Cl)ccc1NC(=O)NC1CCC(=O)N(Cc2c(C)noc2C)CC1. The zero-order valence-corrected chi connectivity index (χ0v) is 17.1. The standard InChI is InChI=1S/C20H25ClN4O3/c1-12-10-15(21)4-6-18(12)23-20(27)22-16-5-7-19(26)25(9-8-16)11-17-13(2)24-28-14(17)3/h4,6,10,16H,5,7-9,11H2,1-3H3,(H2,22,23,27). The predicted molar refractivity (Wildman–Crippen MR) is 107 cm³/mol. The number of anilines is 1. The number of nitrogens with one attached hydrogen (secondary N) is 2. The van der Waals surface area contributed by atoms with E-state index in [-0.39, 0.29) is 18.0 Å². The van der Waals surface area contributed by atoms with Crippen LogP contribution in [0.2, 0.25) is 5.02 Å². The van der Waals surface area contributed by atoms with Gasteiger partial charge < -0.3 is 20.1 Å². The van der Waals surface area contributed by atoms with Crippen molar-refractivity contribution in [3.05, 3.63) is 45.8 Å². The Morgan fingerprint density at radius 2 is 2.11 bits per heavy atom. The summed E-state index contributed by atoms with van der Waals surface area (Å²) in [6.45, 7) is 6.68. The molecule has 8 heteroatoms. The van der Waals surface area contributed by atoms with Crippen molar-refractivity contribution < 1.29 is 14.1 Å². The zero-order chi connectivity index (χ0) is 20.3. The second-order valence-corrected chi connectivity index (χ2v) is 7.64. The van der Waals surface area contributed by atoms with Crippen LogP contribution in [0.25, 0.3) is 0 Å². The second kappa shape index (κ2) is 8.65. The van der Waals surface area contributed by atoms with Gasteiger partial charge in [-0.1, -0.05) is 16.8 Å². The third-order valence-corrected chi connectivity index (χ3v) is 5.34. The molecule has 1 atom stereocenters. The first kappa shape index (κ1) is 20.2. The van der Waals surface area contributed by atoms with E-state index < -0.39 is 0 Å². The molecule has 1 aliphatic heterocycles. The van der Waals surface area contributed by atoms with Crippen LogP contribution >= 0.6 is 11.6 Å². The highest BCUT2D eigenvalue weighted by Crippen LogP contribution is 2.21. The molecule has 3 amide bonds. The van der Waals surface area contributed by atoms with E-state index in [1.807, 2.05) is 25.7 Å². The predicted octanol–water partition coefficient (Wildman–Crippen LogP) is 3.96. The smallest absolute Gasteiger partial charge is 0.319 e. The minimum Gasteiger partial charge on any atom is -0.361 e. The van der Waals surface area contributed by atoms with E-state index in [2.05, 4.69) is 15.8 Å². The number of urea groups is 1. The van der Waals surface area contributed by atoms with Crippen molar-refractivity contribution >= 4 is 29.2 Å². The summed E-state index contributed by atoms with van der Waals surface area (Å²) in [5.74, 6) is 0.820. The first-order valence-corrected chi connectivity index (χ1v) is 9.74. The molecule has 7 nitrogen and oxygen atoms in total. The fourth-order valence-electron chi connectivity index (χ4n) is 3.38. The molecule has 150 valence electrons. The van der Waals surface area contributed by atoms with E-state index in [1.54, 1.807) is 18.2 Å². The van der Waals surface area contributed by atoms with E-state index in [0.29, 0.717) is 43.1 Å². The third-order valence-electron chi connectivity index (χ3n) is 5.11. The molecule has 3 rings (SSSR count). The highest BCUT2D eigenvalue weighted by Gasteiger charge is 2.25. The first-order valence-electron chi connectivity index (χ1n) is 9.36. The maximum Gasteiger partial charge on any atom is 0.319 e. The number of carbonyl (C=O) groups excluding carboxylic acids is 2. The van der Waals surface area contributed by atoms with Crippen molar-refractivity contribution in [2.45, 2.75) is 52.6 Å². The van der Waals surface area contributed by atoms with E-state index >= 15 is 0 Å². The van der Waals surface area contributed by atoms with Gasteiger partial charge in [0.25, 0.3) is 0 Å². The summed E-state index contributed by atoms with van der Waals surface area (Å²) in [5.41, 5.74) is 3.37. The fraction of sp³-hybridized carbons (Fsp3) is 0.450. The lowest BCUT2D eigenvalue weighted by molar-refractivity contribution is -0.131. The van der Waals surface area contributed by atoms with Crippen molar-refractivity contribution in [1.29, 1.82) is 0 Å². The van der Waals surface area contributed by atoms with Crippen LogP contribution in [0.15, 0.2) is 22.7 Å². The van der Waals surface area contributed by atoms with Gasteiger partial charge in [0.2, 0.25) is 5.91 Å². The Balaban J connectivity index is 1.57. The second-order valence-electron chi connectivity index (χ2n) is 7.20. The quantitative estimate of drug-likeness (QED) is 0.807. The van der Waals surface area contributed by atoms with Gasteiger partial charge in [-0.3, -0.25) is 4.79 Å². The van der Waals surface area contributed by atoms with Crippen LogP contribution in [0, 0.1) is 20.8 Å². The summed E-state index contributed by atoms with van der Waals surface area (Å²) in [5, 5.41) is 10.4. The molecule has 1 saturated heterocycles. The molecule has 0 radical (unpaired) electrons. The minimum atomic E-state index is -0.276. The molecule has 1 fully saturated rings. The van der Waals surface area contributed by atoms with Crippen LogP contribution in [-0.2, 0) is 11.3 Å². The zero-order valence-electron chi connectivity index (χ0n) is 16.3. The molecule has 2 heterocycles. The topological polar surface area (TPSA) is 87.5 Å². The number of rotatable bonds is 4. The number of carbonyl (C=O) groups is 2. The molecular formula is C20H25ClN4O3. The van der Waals surface area contributed by atoms with Crippen LogP contribution in [0.3, 0.4) is 0 Å². The van der Waals surface area contributed by atoms with Gasteiger partial charge in [-0.25, -0.2) is 4.79 Å². The van der Waals surface area contributed by atoms with Gasteiger partial charge in [-0.05, 0) is 57.4 Å². The minimum absolute atomic E-state index is 0.0637. The monoisotopic (exact) mass is 404 g/mol. The normalized spacial score (nSPS) is 17.4. The lowest BCUT2D eigenvalue weighted by Gasteiger charge is -2.21. The number of aromatic nitrogens is 1. The number of likely N-dealkylation sites (tertiary alicyclic amines) is 1. The summed E-state index contributed by atoms with van der Waals surface area (Å²) in [6.07, 6.45) is 1.71. The maximum absolute atomic E-state index is 12.5. The molecular weight excluding hydrogens is 380 g/mol. The lowest BCUT2D eigenvalue weighted by Crippen LogP contribution is -2.38. The molecule has 0 saturated carbocycles. The summed E-state index contributed by atoms with van der Waals surface area (Å²) in [4.78, 5) is 26.7. The van der Waals surface area contributed by atoms with Crippen LogP contribution in [0.5, 0.6) is 0 Å². The number of benzene rings is 1. The van der Waals surface area contributed by atoms with Gasteiger partial charge in [0.15, 0.2) is 0 Å². The Kier molecular flexibility index (Phi) is 6.24. The highest BCUT2D eigenvalue weighted by molar-refractivity contribution is 6.30. The number of hydrogen-bond acceptors (Lipinski definition) is 4. The van der Waals surface area contributed by atoms with Crippen molar-refractivity contribution in [3.8, 4) is 0 Å². The average molecular weight is 405 g/mol. The number of amides is 3. The molecule has 1 unspecified atom stereocenters. The van der Waals surface area contributed by atoms with Gasteiger partial charge in [0, 0.05) is 35.3 Å². The Bertz CT molecular complexity index is 861. The largest absolute Gasteiger partial charge is 0.361 e. The van der Waals surface area contributed by atoms with Gasteiger partial charge in [-0.2, -0.15) is 0 Å². The molecule has 1 aromatic heterocycles. The number of halogens is 1. The number of nitrogens with zero attached hydrogens (tertiary/aromatic N) is 2. The Morgan fingerprint density at radius 1 is 1.32 bits per heavy atom. The summed E-state index contributed by atoms with van der Waals surface area (Å²) in [7, 11) is 0. The van der Waals surface area contributed by atoms with Crippen LogP contribution in [-0.4, -0.2) is 34.6 Å². The molecule has 0 aliphatic carbocycles. The highest BCUT2D eigenvalue weighted by atomic mass is 35.5. The molecule has 0 bridgehead atoms. The van der Waals surface area contributed by atoms with Crippen LogP contribution in [0.4, 0.5) is 10.5 Å². The molecule has 0 spiro atoms. The van der Waals surface area contributed by atoms with E-state index in [1.165, 1.54) is 0 Å². The summed E-state index contributed by atoms with van der Waals surface area (Å²) < 4.78 is 5.19. The molecule has 1 aromatic carbocycles. The van der Waals surface area contributed by atoms with E-state index in [4.69, 9.17) is 16.1 Å². The maximum atomic E-state index is 12.5. The van der Waals surface area contributed by atoms with Crippen LogP contribution < -0.4 is 10.6 Å².